The summed E-state index contributed by atoms with van der Waals surface area (Å²) in [6.07, 6.45) is 0. The lowest BCUT2D eigenvalue weighted by Crippen LogP contribution is -2.50. The normalized spacial score (nSPS) is 16.0. The third kappa shape index (κ3) is 5.55. The molecule has 1 heterocycles. The number of hydrogen-bond donors (Lipinski definition) is 0. The molecule has 28 heavy (non-hydrogen) atoms. The topological polar surface area (TPSA) is 49.9 Å². The van der Waals surface area contributed by atoms with Crippen molar-refractivity contribution in [2.75, 3.05) is 39.4 Å². The molecular weight excluding hydrogens is 399 g/mol. The van der Waals surface area contributed by atoms with Gasteiger partial charge in [0, 0.05) is 31.2 Å². The van der Waals surface area contributed by atoms with E-state index < -0.39 is 5.24 Å². The molecule has 0 N–H and O–H groups in total. The van der Waals surface area contributed by atoms with Gasteiger partial charge in [-0.1, -0.05) is 54.1 Å². The molecule has 2 aromatic carbocycles. The minimum Gasteiger partial charge on any atom is -0.362 e. The summed E-state index contributed by atoms with van der Waals surface area (Å²) in [5, 5.41) is 0.104. The first-order valence-electron chi connectivity index (χ1n) is 9.13. The number of carbonyl (C=O) groups excluding carboxylic acids is 2. The Labute approximate surface area is 174 Å². The first-order valence-corrected chi connectivity index (χ1v) is 9.88. The molecular formula is C21H22Cl2N2O3. The predicted octanol–water partition coefficient (Wildman–Crippen LogP) is 3.36. The summed E-state index contributed by atoms with van der Waals surface area (Å²) in [4.78, 5) is 27.1. The summed E-state index contributed by atoms with van der Waals surface area (Å²) in [7, 11) is 0. The van der Waals surface area contributed by atoms with Crippen LogP contribution in [0.15, 0.2) is 54.6 Å². The molecule has 148 valence electrons. The Balaban J connectivity index is 1.67. The summed E-state index contributed by atoms with van der Waals surface area (Å²) in [6, 6.07) is 18.3. The molecule has 1 unspecified atom stereocenters. The highest BCUT2D eigenvalue weighted by Gasteiger charge is 2.28. The van der Waals surface area contributed by atoms with Crippen molar-refractivity contribution >= 4 is 34.4 Å². The third-order valence-corrected chi connectivity index (χ3v) is 5.14. The fraction of sp³-hybridized carbons (Fsp3) is 0.333. The number of benzene rings is 2. The van der Waals surface area contributed by atoms with E-state index in [9.17, 15) is 9.59 Å². The lowest BCUT2D eigenvalue weighted by molar-refractivity contribution is -0.138. The van der Waals surface area contributed by atoms with E-state index in [1.165, 1.54) is 11.1 Å². The summed E-state index contributed by atoms with van der Waals surface area (Å²) >= 11 is 11.3. The van der Waals surface area contributed by atoms with Gasteiger partial charge in [-0.25, -0.2) is 0 Å². The van der Waals surface area contributed by atoms with Crippen LogP contribution >= 0.6 is 23.2 Å². The van der Waals surface area contributed by atoms with Crippen LogP contribution in [-0.2, 0) is 14.3 Å². The second-order valence-corrected chi connectivity index (χ2v) is 7.49. The number of piperazine rings is 1. The second-order valence-electron chi connectivity index (χ2n) is 6.63. The van der Waals surface area contributed by atoms with Crippen LogP contribution in [-0.4, -0.2) is 60.3 Å². The minimum absolute atomic E-state index is 0.0980. The molecule has 0 radical (unpaired) electrons. The number of amides is 1. The highest BCUT2D eigenvalue weighted by molar-refractivity contribution is 6.63. The molecule has 1 aliphatic rings. The van der Waals surface area contributed by atoms with Crippen LogP contribution in [0.4, 0.5) is 0 Å². The van der Waals surface area contributed by atoms with Gasteiger partial charge in [0.25, 0.3) is 0 Å². The number of hydrogen-bond acceptors (Lipinski definition) is 4. The van der Waals surface area contributed by atoms with Crippen LogP contribution < -0.4 is 0 Å². The van der Waals surface area contributed by atoms with Crippen LogP contribution in [0.25, 0.3) is 0 Å². The summed E-state index contributed by atoms with van der Waals surface area (Å²) in [5.74, 6) is -0.125. The van der Waals surface area contributed by atoms with Crippen molar-refractivity contribution in [2.24, 2.45) is 0 Å². The van der Waals surface area contributed by atoms with Crippen LogP contribution in [0, 0.1) is 0 Å². The molecule has 1 saturated heterocycles. The zero-order valence-corrected chi connectivity index (χ0v) is 16.9. The fourth-order valence-corrected chi connectivity index (χ4v) is 3.64. The number of nitrogens with zero attached hydrogens (tertiary/aromatic N) is 2. The first-order chi connectivity index (χ1) is 13.5. The zero-order chi connectivity index (χ0) is 19.9. The van der Waals surface area contributed by atoms with E-state index in [2.05, 4.69) is 29.2 Å². The van der Waals surface area contributed by atoms with E-state index in [0.29, 0.717) is 18.1 Å². The first kappa shape index (κ1) is 20.8. The van der Waals surface area contributed by atoms with Crippen LogP contribution in [0.2, 0.25) is 5.02 Å². The Morgan fingerprint density at radius 3 is 2.11 bits per heavy atom. The highest BCUT2D eigenvalue weighted by Crippen LogP contribution is 2.30. The summed E-state index contributed by atoms with van der Waals surface area (Å²) < 4.78 is 5.04. The van der Waals surface area contributed by atoms with Gasteiger partial charge in [-0.15, -0.1) is 0 Å². The van der Waals surface area contributed by atoms with Gasteiger partial charge in [-0.3, -0.25) is 14.5 Å². The SMILES string of the molecule is O=C(Cl)COCC(=O)N1CCN(C(c2ccccc2)c2ccc(Cl)cc2)CC1. The van der Waals surface area contributed by atoms with Gasteiger partial charge in [0.2, 0.25) is 11.1 Å². The third-order valence-electron chi connectivity index (χ3n) is 4.77. The largest absolute Gasteiger partial charge is 0.362 e. The summed E-state index contributed by atoms with van der Waals surface area (Å²) in [6.45, 7) is 2.31. The number of halogens is 2. The van der Waals surface area contributed by atoms with Crippen molar-refractivity contribution in [1.82, 2.24) is 9.80 Å². The van der Waals surface area contributed by atoms with Gasteiger partial charge in [0.05, 0.1) is 6.04 Å². The van der Waals surface area contributed by atoms with Crippen LogP contribution in [0.5, 0.6) is 0 Å². The number of carbonyl (C=O) groups is 2. The molecule has 7 heteroatoms. The van der Waals surface area contributed by atoms with E-state index in [0.717, 1.165) is 13.1 Å². The smallest absolute Gasteiger partial charge is 0.248 e. The van der Waals surface area contributed by atoms with E-state index in [1.807, 2.05) is 30.3 Å². The second kappa shape index (κ2) is 10.0. The Morgan fingerprint density at radius 1 is 0.893 bits per heavy atom. The molecule has 0 aliphatic carbocycles. The lowest BCUT2D eigenvalue weighted by Gasteiger charge is -2.39. The maximum atomic E-state index is 12.2. The maximum Gasteiger partial charge on any atom is 0.248 e. The van der Waals surface area contributed by atoms with Gasteiger partial charge in [-0.05, 0) is 34.9 Å². The standard InChI is InChI=1S/C21H22Cl2N2O3/c22-18-8-6-17(7-9-18)21(16-4-2-1-3-5-16)25-12-10-24(11-13-25)20(27)15-28-14-19(23)26/h1-9,21H,10-15H2. The molecule has 1 atom stereocenters. The van der Waals surface area contributed by atoms with E-state index >= 15 is 0 Å². The minimum atomic E-state index is -0.605. The molecule has 1 aliphatic heterocycles. The predicted molar refractivity (Wildman–Crippen MR) is 110 cm³/mol. The Morgan fingerprint density at radius 2 is 1.50 bits per heavy atom. The van der Waals surface area contributed by atoms with E-state index in [4.69, 9.17) is 27.9 Å². The van der Waals surface area contributed by atoms with Crippen molar-refractivity contribution in [3.05, 3.63) is 70.7 Å². The van der Waals surface area contributed by atoms with Gasteiger partial charge >= 0.3 is 0 Å². The van der Waals surface area contributed by atoms with Crippen molar-refractivity contribution in [3.8, 4) is 0 Å². The van der Waals surface area contributed by atoms with Crippen molar-refractivity contribution in [1.29, 1.82) is 0 Å². The Kier molecular flexibility index (Phi) is 7.45. The molecule has 3 rings (SSSR count). The molecule has 0 bridgehead atoms. The van der Waals surface area contributed by atoms with Crippen molar-refractivity contribution in [2.45, 2.75) is 6.04 Å². The molecule has 5 nitrogen and oxygen atoms in total. The lowest BCUT2D eigenvalue weighted by atomic mass is 9.96. The van der Waals surface area contributed by atoms with Gasteiger partial charge in [-0.2, -0.15) is 0 Å². The van der Waals surface area contributed by atoms with Crippen molar-refractivity contribution < 1.29 is 14.3 Å². The van der Waals surface area contributed by atoms with Gasteiger partial charge in [0.15, 0.2) is 0 Å². The monoisotopic (exact) mass is 420 g/mol. The molecule has 2 aromatic rings. The zero-order valence-electron chi connectivity index (χ0n) is 15.4. The molecule has 0 saturated carbocycles. The Bertz CT molecular complexity index is 791. The Hall–Kier alpha value is -1.92. The van der Waals surface area contributed by atoms with Crippen molar-refractivity contribution in [3.63, 3.8) is 0 Å². The molecule has 0 aromatic heterocycles. The van der Waals surface area contributed by atoms with E-state index in [-0.39, 0.29) is 25.2 Å². The van der Waals surface area contributed by atoms with Crippen LogP contribution in [0.1, 0.15) is 17.2 Å². The molecule has 0 spiro atoms. The average molecular weight is 421 g/mol. The molecule has 1 fully saturated rings. The summed E-state index contributed by atoms with van der Waals surface area (Å²) in [5.41, 5.74) is 2.37. The van der Waals surface area contributed by atoms with E-state index in [1.54, 1.807) is 4.90 Å². The number of ether oxygens (including phenoxy) is 1. The highest BCUT2D eigenvalue weighted by atomic mass is 35.5. The quantitative estimate of drug-likeness (QED) is 0.644. The maximum absolute atomic E-state index is 12.2. The van der Waals surface area contributed by atoms with Crippen LogP contribution in [0.3, 0.4) is 0 Å². The average Bonchev–Trinajstić information content (AvgIpc) is 2.71. The molecule has 1 amide bonds. The van der Waals surface area contributed by atoms with Gasteiger partial charge in [0.1, 0.15) is 13.2 Å². The van der Waals surface area contributed by atoms with Gasteiger partial charge < -0.3 is 9.64 Å². The number of rotatable bonds is 7. The fourth-order valence-electron chi connectivity index (χ4n) is 3.43.